The molecule has 0 bridgehead atoms. The van der Waals surface area contributed by atoms with Crippen molar-refractivity contribution >= 4 is 24.6 Å². The van der Waals surface area contributed by atoms with Crippen molar-refractivity contribution in [1.29, 1.82) is 0 Å². The highest BCUT2D eigenvalue weighted by molar-refractivity contribution is 7.79. The van der Waals surface area contributed by atoms with Crippen LogP contribution in [-0.2, 0) is 4.79 Å². The Morgan fingerprint density at radius 2 is 2.00 bits per heavy atom. The van der Waals surface area contributed by atoms with Crippen LogP contribution in [0.3, 0.4) is 0 Å². The third kappa shape index (κ3) is 1.45. The first kappa shape index (κ1) is 8.31. The number of thiol groups is 1. The summed E-state index contributed by atoms with van der Waals surface area (Å²) in [6.07, 6.45) is 0. The van der Waals surface area contributed by atoms with Gasteiger partial charge in [-0.05, 0) is 0 Å². The predicted molar refractivity (Wildman–Crippen MR) is 53.7 cm³/mol. The monoisotopic (exact) mass is 192 g/mol. The topological polar surface area (TPSA) is 32.7 Å². The van der Waals surface area contributed by atoms with Crippen LogP contribution in [0.2, 0.25) is 0 Å². The third-order valence-corrected chi connectivity index (χ3v) is 2.25. The molecular formula is C9H8N2OS. The van der Waals surface area contributed by atoms with E-state index in [1.165, 1.54) is 4.31 Å². The Kier molecular flexibility index (Phi) is 2.06. The summed E-state index contributed by atoms with van der Waals surface area (Å²) in [5.41, 5.74) is 0.920. The first-order chi connectivity index (χ1) is 6.29. The van der Waals surface area contributed by atoms with Crippen molar-refractivity contribution in [3.8, 4) is 0 Å². The quantitative estimate of drug-likeness (QED) is 0.664. The van der Waals surface area contributed by atoms with E-state index in [0.29, 0.717) is 5.84 Å². The van der Waals surface area contributed by atoms with Crippen LogP contribution in [0, 0.1) is 0 Å². The van der Waals surface area contributed by atoms with Gasteiger partial charge in [-0.3, -0.25) is 9.79 Å². The van der Waals surface area contributed by atoms with Crippen molar-refractivity contribution in [1.82, 2.24) is 4.31 Å². The lowest BCUT2D eigenvalue weighted by molar-refractivity contribution is -0.121. The summed E-state index contributed by atoms with van der Waals surface area (Å²) >= 11 is 4.05. The Morgan fingerprint density at radius 3 is 2.54 bits per heavy atom. The molecule has 0 N–H and O–H groups in total. The van der Waals surface area contributed by atoms with E-state index >= 15 is 0 Å². The molecule has 1 aliphatic heterocycles. The SMILES string of the molecule is O=C1CN=C(c2ccccc2)N1S. The number of carbonyl (C=O) groups is 1. The van der Waals surface area contributed by atoms with Gasteiger partial charge in [0.2, 0.25) is 0 Å². The van der Waals surface area contributed by atoms with Crippen LogP contribution in [0.4, 0.5) is 0 Å². The molecule has 0 atom stereocenters. The molecule has 1 amide bonds. The van der Waals surface area contributed by atoms with E-state index in [2.05, 4.69) is 17.8 Å². The van der Waals surface area contributed by atoms with E-state index < -0.39 is 0 Å². The maximum absolute atomic E-state index is 11.1. The van der Waals surface area contributed by atoms with Crippen molar-refractivity contribution in [2.24, 2.45) is 4.99 Å². The van der Waals surface area contributed by atoms with E-state index in [0.717, 1.165) is 5.56 Å². The third-order valence-electron chi connectivity index (χ3n) is 1.83. The molecule has 1 heterocycles. The van der Waals surface area contributed by atoms with Crippen molar-refractivity contribution < 1.29 is 4.79 Å². The van der Waals surface area contributed by atoms with Gasteiger partial charge in [0, 0.05) is 5.56 Å². The van der Waals surface area contributed by atoms with Crippen molar-refractivity contribution in [3.63, 3.8) is 0 Å². The molecule has 0 radical (unpaired) electrons. The van der Waals surface area contributed by atoms with Gasteiger partial charge in [0.05, 0.1) is 0 Å². The zero-order valence-corrected chi connectivity index (χ0v) is 7.74. The number of aliphatic imine (C=N–C) groups is 1. The fraction of sp³-hybridized carbons (Fsp3) is 0.111. The molecule has 0 aliphatic carbocycles. The van der Waals surface area contributed by atoms with Gasteiger partial charge in [-0.2, -0.15) is 0 Å². The highest BCUT2D eigenvalue weighted by Crippen LogP contribution is 2.13. The molecule has 0 fully saturated rings. The highest BCUT2D eigenvalue weighted by Gasteiger charge is 2.23. The summed E-state index contributed by atoms with van der Waals surface area (Å²) in [4.78, 5) is 15.2. The molecule has 0 saturated heterocycles. The minimum absolute atomic E-state index is 0.0813. The smallest absolute Gasteiger partial charge is 0.259 e. The summed E-state index contributed by atoms with van der Waals surface area (Å²) in [5.74, 6) is 0.552. The average Bonchev–Trinajstić information content (AvgIpc) is 2.49. The van der Waals surface area contributed by atoms with Crippen molar-refractivity contribution in [3.05, 3.63) is 35.9 Å². The van der Waals surface area contributed by atoms with Crippen molar-refractivity contribution in [2.75, 3.05) is 6.54 Å². The molecule has 0 saturated carbocycles. The van der Waals surface area contributed by atoms with E-state index in [1.807, 2.05) is 30.3 Å². The molecule has 4 heteroatoms. The Labute approximate surface area is 81.6 Å². The Balaban J connectivity index is 2.34. The minimum atomic E-state index is -0.0813. The van der Waals surface area contributed by atoms with Crippen LogP contribution >= 0.6 is 12.8 Å². The summed E-state index contributed by atoms with van der Waals surface area (Å²) in [5, 5.41) is 0. The van der Waals surface area contributed by atoms with E-state index in [9.17, 15) is 4.79 Å². The Bertz CT molecular complexity index is 361. The first-order valence-electron chi connectivity index (χ1n) is 3.91. The van der Waals surface area contributed by atoms with Crippen LogP contribution in [-0.4, -0.2) is 22.6 Å². The van der Waals surface area contributed by atoms with Crippen LogP contribution < -0.4 is 0 Å². The van der Waals surface area contributed by atoms with Crippen LogP contribution in [0.5, 0.6) is 0 Å². The van der Waals surface area contributed by atoms with Gasteiger partial charge in [-0.25, -0.2) is 4.31 Å². The summed E-state index contributed by atoms with van der Waals surface area (Å²) in [6, 6.07) is 9.54. The summed E-state index contributed by atoms with van der Waals surface area (Å²) in [7, 11) is 0. The standard InChI is InChI=1S/C9H8N2OS/c12-8-6-10-9(11(8)13)7-4-2-1-3-5-7/h1-5,13H,6H2. The van der Waals surface area contributed by atoms with E-state index in [-0.39, 0.29) is 12.5 Å². The second kappa shape index (κ2) is 3.22. The maximum Gasteiger partial charge on any atom is 0.259 e. The highest BCUT2D eigenvalue weighted by atomic mass is 32.1. The minimum Gasteiger partial charge on any atom is -0.271 e. The summed E-state index contributed by atoms with van der Waals surface area (Å²) in [6.45, 7) is 0.202. The van der Waals surface area contributed by atoms with Gasteiger partial charge in [-0.1, -0.05) is 43.1 Å². The van der Waals surface area contributed by atoms with Crippen LogP contribution in [0.15, 0.2) is 35.3 Å². The number of rotatable bonds is 1. The zero-order valence-electron chi connectivity index (χ0n) is 6.84. The second-order valence-corrected chi connectivity index (χ2v) is 3.11. The lowest BCUT2D eigenvalue weighted by Gasteiger charge is -2.09. The lowest BCUT2D eigenvalue weighted by atomic mass is 10.2. The number of nitrogens with zero attached hydrogens (tertiary/aromatic N) is 2. The van der Waals surface area contributed by atoms with E-state index in [4.69, 9.17) is 0 Å². The van der Waals surface area contributed by atoms with Gasteiger partial charge < -0.3 is 0 Å². The van der Waals surface area contributed by atoms with Gasteiger partial charge in [0.1, 0.15) is 12.4 Å². The molecule has 66 valence electrons. The largest absolute Gasteiger partial charge is 0.271 e. The molecule has 0 unspecified atom stereocenters. The van der Waals surface area contributed by atoms with Gasteiger partial charge in [0.15, 0.2) is 0 Å². The number of hydrogen-bond acceptors (Lipinski definition) is 3. The fourth-order valence-electron chi connectivity index (χ4n) is 1.20. The predicted octanol–water partition coefficient (Wildman–Crippen LogP) is 1.12. The molecule has 1 aromatic carbocycles. The van der Waals surface area contributed by atoms with Gasteiger partial charge in [-0.15, -0.1) is 0 Å². The molecule has 3 nitrogen and oxygen atoms in total. The molecule has 2 rings (SSSR count). The fourth-order valence-corrected chi connectivity index (χ4v) is 1.44. The van der Waals surface area contributed by atoms with Crippen molar-refractivity contribution in [2.45, 2.75) is 0 Å². The zero-order chi connectivity index (χ0) is 9.26. The number of hydrogen-bond donors (Lipinski definition) is 1. The molecule has 0 aromatic heterocycles. The molecule has 1 aromatic rings. The van der Waals surface area contributed by atoms with E-state index in [1.54, 1.807) is 0 Å². The second-order valence-electron chi connectivity index (χ2n) is 2.71. The number of carbonyl (C=O) groups excluding carboxylic acids is 1. The number of benzene rings is 1. The Hall–Kier alpha value is -1.29. The number of amidine groups is 1. The van der Waals surface area contributed by atoms with Crippen LogP contribution in [0.25, 0.3) is 0 Å². The van der Waals surface area contributed by atoms with Crippen LogP contribution in [0.1, 0.15) is 5.56 Å². The molecule has 13 heavy (non-hydrogen) atoms. The maximum atomic E-state index is 11.1. The average molecular weight is 192 g/mol. The first-order valence-corrected chi connectivity index (χ1v) is 4.31. The van der Waals surface area contributed by atoms with Gasteiger partial charge in [0.25, 0.3) is 5.91 Å². The molecular weight excluding hydrogens is 184 g/mol. The molecule has 1 aliphatic rings. The molecule has 0 spiro atoms. The van der Waals surface area contributed by atoms with Gasteiger partial charge >= 0.3 is 0 Å². The normalized spacial score (nSPS) is 16.2. The lowest BCUT2D eigenvalue weighted by Crippen LogP contribution is -2.23. The Morgan fingerprint density at radius 1 is 1.31 bits per heavy atom. The summed E-state index contributed by atoms with van der Waals surface area (Å²) < 4.78 is 1.29. The number of amides is 1.